The molecule has 2 aromatic heterocycles. The highest BCUT2D eigenvalue weighted by atomic mass is 16.6. The Labute approximate surface area is 168 Å². The molecule has 0 aliphatic carbocycles. The molecule has 146 valence electrons. The van der Waals surface area contributed by atoms with Gasteiger partial charge in [0.05, 0.1) is 11.6 Å². The number of ether oxygens (including phenoxy) is 2. The number of rotatable bonds is 3. The molecule has 2 aromatic carbocycles. The molecule has 0 radical (unpaired) electrons. The summed E-state index contributed by atoms with van der Waals surface area (Å²) in [5.74, 6) is 1.61. The number of nitrogens with zero attached hydrogens (tertiary/aromatic N) is 1. The lowest BCUT2D eigenvalue weighted by molar-refractivity contribution is 0.0632. The molecule has 0 saturated heterocycles. The SMILES string of the molecule is C1=C(c2c[nH]c3ccccc23)CCN(CC2COc3ccc4occc4c3O2)C1. The fourth-order valence-corrected chi connectivity index (χ4v) is 4.45. The third-order valence-electron chi connectivity index (χ3n) is 5.95. The predicted octanol–water partition coefficient (Wildman–Crippen LogP) is 4.84. The van der Waals surface area contributed by atoms with Gasteiger partial charge >= 0.3 is 0 Å². The van der Waals surface area contributed by atoms with Crippen LogP contribution in [0.15, 0.2) is 65.4 Å². The minimum Gasteiger partial charge on any atom is -0.486 e. The van der Waals surface area contributed by atoms with Gasteiger partial charge in [0.2, 0.25) is 0 Å². The van der Waals surface area contributed by atoms with Gasteiger partial charge in [-0.3, -0.25) is 4.90 Å². The Bertz CT molecular complexity index is 1220. The third-order valence-corrected chi connectivity index (χ3v) is 5.95. The molecule has 4 aromatic rings. The first kappa shape index (κ1) is 16.7. The number of furan rings is 1. The van der Waals surface area contributed by atoms with E-state index < -0.39 is 0 Å². The molecule has 0 spiro atoms. The number of aromatic amines is 1. The molecule has 1 N–H and O–H groups in total. The number of benzene rings is 2. The standard InChI is InChI=1S/C24H22N2O3/c1-2-4-21-18(3-1)20(13-25-21)16-7-10-26(11-8-16)14-17-15-28-23-6-5-22-19(9-12-27-22)24(23)29-17/h1-7,9,12-13,17,25H,8,10-11,14-15H2. The van der Waals surface area contributed by atoms with E-state index in [2.05, 4.69) is 46.4 Å². The minimum atomic E-state index is 0.0195. The van der Waals surface area contributed by atoms with E-state index in [0.29, 0.717) is 6.61 Å². The van der Waals surface area contributed by atoms with Crippen molar-refractivity contribution >= 4 is 27.4 Å². The summed E-state index contributed by atoms with van der Waals surface area (Å²) in [4.78, 5) is 5.82. The Kier molecular flexibility index (Phi) is 3.87. The van der Waals surface area contributed by atoms with E-state index in [9.17, 15) is 0 Å². The average Bonchev–Trinajstić information content (AvgIpc) is 3.42. The molecular weight excluding hydrogens is 364 g/mol. The molecule has 2 aliphatic rings. The highest BCUT2D eigenvalue weighted by Gasteiger charge is 2.26. The highest BCUT2D eigenvalue weighted by Crippen LogP contribution is 2.39. The fourth-order valence-electron chi connectivity index (χ4n) is 4.45. The molecule has 2 aliphatic heterocycles. The van der Waals surface area contributed by atoms with Gasteiger partial charge in [-0.2, -0.15) is 0 Å². The molecule has 4 heterocycles. The summed E-state index contributed by atoms with van der Waals surface area (Å²) in [6, 6.07) is 14.3. The lowest BCUT2D eigenvalue weighted by Crippen LogP contribution is -2.42. The number of hydrogen-bond acceptors (Lipinski definition) is 4. The van der Waals surface area contributed by atoms with Crippen LogP contribution in [0.3, 0.4) is 0 Å². The van der Waals surface area contributed by atoms with Gasteiger partial charge in [0.25, 0.3) is 0 Å². The first-order chi connectivity index (χ1) is 14.3. The molecule has 5 nitrogen and oxygen atoms in total. The van der Waals surface area contributed by atoms with Crippen LogP contribution in [0, 0.1) is 0 Å². The first-order valence-electron chi connectivity index (χ1n) is 10.1. The van der Waals surface area contributed by atoms with Crippen molar-refractivity contribution in [3.05, 3.63) is 66.6 Å². The van der Waals surface area contributed by atoms with Crippen molar-refractivity contribution in [2.45, 2.75) is 12.5 Å². The Morgan fingerprint density at radius 2 is 2.03 bits per heavy atom. The summed E-state index contributed by atoms with van der Waals surface area (Å²) in [6.07, 6.45) is 7.24. The zero-order valence-electron chi connectivity index (χ0n) is 16.1. The van der Waals surface area contributed by atoms with Crippen LogP contribution in [0.1, 0.15) is 12.0 Å². The number of nitrogens with one attached hydrogen (secondary N) is 1. The van der Waals surface area contributed by atoms with Gasteiger partial charge in [-0.15, -0.1) is 0 Å². The highest BCUT2D eigenvalue weighted by molar-refractivity contribution is 5.92. The van der Waals surface area contributed by atoms with E-state index in [-0.39, 0.29) is 6.10 Å². The Hall–Kier alpha value is -3.18. The van der Waals surface area contributed by atoms with Crippen molar-refractivity contribution in [3.8, 4) is 11.5 Å². The second kappa shape index (κ2) is 6.71. The van der Waals surface area contributed by atoms with E-state index >= 15 is 0 Å². The quantitative estimate of drug-likeness (QED) is 0.547. The summed E-state index contributed by atoms with van der Waals surface area (Å²) >= 11 is 0. The molecule has 0 amide bonds. The lowest BCUT2D eigenvalue weighted by Gasteiger charge is -2.33. The van der Waals surface area contributed by atoms with Crippen molar-refractivity contribution in [2.24, 2.45) is 0 Å². The smallest absolute Gasteiger partial charge is 0.172 e. The van der Waals surface area contributed by atoms with E-state index in [1.165, 1.54) is 22.0 Å². The van der Waals surface area contributed by atoms with Crippen LogP contribution in [-0.4, -0.2) is 42.2 Å². The van der Waals surface area contributed by atoms with Crippen LogP contribution in [0.5, 0.6) is 11.5 Å². The predicted molar refractivity (Wildman–Crippen MR) is 113 cm³/mol. The van der Waals surface area contributed by atoms with Crippen LogP contribution in [0.4, 0.5) is 0 Å². The molecule has 6 rings (SSSR count). The van der Waals surface area contributed by atoms with Gasteiger partial charge in [0.15, 0.2) is 11.5 Å². The molecule has 5 heteroatoms. The van der Waals surface area contributed by atoms with Crippen LogP contribution in [0.25, 0.3) is 27.4 Å². The molecule has 29 heavy (non-hydrogen) atoms. The minimum absolute atomic E-state index is 0.0195. The van der Waals surface area contributed by atoms with Gasteiger partial charge < -0.3 is 18.9 Å². The molecule has 0 saturated carbocycles. The number of para-hydroxylation sites is 1. The molecule has 1 atom stereocenters. The van der Waals surface area contributed by atoms with Crippen molar-refractivity contribution in [2.75, 3.05) is 26.2 Å². The average molecular weight is 386 g/mol. The maximum absolute atomic E-state index is 6.31. The summed E-state index contributed by atoms with van der Waals surface area (Å²) in [5, 5.41) is 2.28. The zero-order valence-corrected chi connectivity index (χ0v) is 16.1. The third kappa shape index (κ3) is 2.89. The summed E-state index contributed by atoms with van der Waals surface area (Å²) < 4.78 is 17.8. The zero-order chi connectivity index (χ0) is 19.2. The Morgan fingerprint density at radius 1 is 1.07 bits per heavy atom. The number of fused-ring (bicyclic) bond motifs is 4. The first-order valence-corrected chi connectivity index (χ1v) is 10.1. The summed E-state index contributed by atoms with van der Waals surface area (Å²) in [7, 11) is 0. The largest absolute Gasteiger partial charge is 0.486 e. The van der Waals surface area contributed by atoms with Gasteiger partial charge in [0.1, 0.15) is 18.3 Å². The Morgan fingerprint density at radius 3 is 2.97 bits per heavy atom. The van der Waals surface area contributed by atoms with Crippen molar-refractivity contribution in [3.63, 3.8) is 0 Å². The summed E-state index contributed by atoms with van der Waals surface area (Å²) in [6.45, 7) is 3.38. The van der Waals surface area contributed by atoms with Crippen LogP contribution in [0.2, 0.25) is 0 Å². The lowest BCUT2D eigenvalue weighted by atomic mass is 9.99. The van der Waals surface area contributed by atoms with Gasteiger partial charge in [-0.1, -0.05) is 24.3 Å². The van der Waals surface area contributed by atoms with Crippen LogP contribution >= 0.6 is 0 Å². The van der Waals surface area contributed by atoms with E-state index in [1.54, 1.807) is 6.26 Å². The van der Waals surface area contributed by atoms with E-state index in [0.717, 1.165) is 48.5 Å². The van der Waals surface area contributed by atoms with Gasteiger partial charge in [-0.25, -0.2) is 0 Å². The van der Waals surface area contributed by atoms with Crippen molar-refractivity contribution in [1.82, 2.24) is 9.88 Å². The maximum atomic E-state index is 6.31. The molecule has 1 unspecified atom stereocenters. The normalized spacial score (nSPS) is 19.6. The summed E-state index contributed by atoms with van der Waals surface area (Å²) in [5.41, 5.74) is 4.78. The monoisotopic (exact) mass is 386 g/mol. The number of hydrogen-bond donors (Lipinski definition) is 1. The second-order valence-corrected chi connectivity index (χ2v) is 7.76. The molecule has 0 bridgehead atoms. The van der Waals surface area contributed by atoms with Gasteiger partial charge in [0, 0.05) is 42.3 Å². The number of H-pyrrole nitrogens is 1. The van der Waals surface area contributed by atoms with Crippen LogP contribution in [-0.2, 0) is 0 Å². The Balaban J connectivity index is 1.17. The topological polar surface area (TPSA) is 50.6 Å². The fraction of sp³-hybridized carbons (Fsp3) is 0.250. The van der Waals surface area contributed by atoms with Crippen LogP contribution < -0.4 is 9.47 Å². The van der Waals surface area contributed by atoms with Crippen molar-refractivity contribution < 1.29 is 13.9 Å². The molecular formula is C24H22N2O3. The van der Waals surface area contributed by atoms with Crippen molar-refractivity contribution in [1.29, 1.82) is 0 Å². The molecule has 0 fully saturated rings. The number of aromatic nitrogens is 1. The van der Waals surface area contributed by atoms with E-state index in [4.69, 9.17) is 13.9 Å². The van der Waals surface area contributed by atoms with E-state index in [1.807, 2.05) is 18.2 Å². The van der Waals surface area contributed by atoms with Gasteiger partial charge in [-0.05, 0) is 36.3 Å². The second-order valence-electron chi connectivity index (χ2n) is 7.76. The maximum Gasteiger partial charge on any atom is 0.172 e.